The number of pyridine rings is 4. The minimum Gasteiger partial charge on any atom is -0.305 e. The summed E-state index contributed by atoms with van der Waals surface area (Å²) in [6.07, 6.45) is 9.45. The topological polar surface area (TPSA) is 51.6 Å². The molecular weight excluding hydrogens is 789 g/mol. The van der Waals surface area contributed by atoms with Gasteiger partial charge in [-0.05, 0) is 72.9 Å². The van der Waals surface area contributed by atoms with Crippen molar-refractivity contribution >= 4 is 10.8 Å². The van der Waals surface area contributed by atoms with Gasteiger partial charge < -0.3 is 9.97 Å². The van der Waals surface area contributed by atoms with Crippen LogP contribution in [0.25, 0.3) is 66.7 Å². The van der Waals surface area contributed by atoms with E-state index in [1.54, 1.807) is 0 Å². The van der Waals surface area contributed by atoms with Crippen LogP contribution in [0.1, 0.15) is 16.8 Å². The molecule has 0 fully saturated rings. The molecule has 8 aromatic rings. The van der Waals surface area contributed by atoms with Gasteiger partial charge in [-0.3, -0.25) is 9.97 Å². The molecule has 0 spiro atoms. The van der Waals surface area contributed by atoms with Gasteiger partial charge in [0.15, 0.2) is 0 Å². The van der Waals surface area contributed by atoms with E-state index in [0.29, 0.717) is 0 Å². The molecule has 0 amide bonds. The molecule has 5 heteroatoms. The Balaban J connectivity index is 0.000000260. The number of fused-ring (bicyclic) bond motifs is 1. The molecule has 0 unspecified atom stereocenters. The van der Waals surface area contributed by atoms with E-state index >= 15 is 0 Å². The van der Waals surface area contributed by atoms with E-state index in [2.05, 4.69) is 114 Å². The maximum Gasteiger partial charge on any atom is 0.0373 e. The summed E-state index contributed by atoms with van der Waals surface area (Å²) >= 11 is 0. The molecule has 4 nitrogen and oxygen atoms in total. The quantitative estimate of drug-likeness (QED) is 0.162. The smallest absolute Gasteiger partial charge is 0.0373 e. The monoisotopic (exact) mass is 823 g/mol. The molecule has 0 atom stereocenters. The van der Waals surface area contributed by atoms with Crippen LogP contribution in [0, 0.1) is 32.9 Å². The maximum absolute atomic E-state index is 4.70. The summed E-state index contributed by atoms with van der Waals surface area (Å²) in [5, 5.41) is 2.25. The van der Waals surface area contributed by atoms with Crippen LogP contribution < -0.4 is 0 Å². The molecular formula is C45H34IrN4-2. The fraction of sp³-hybridized carbons (Fsp3) is 0.0667. The first kappa shape index (κ1) is 34.3. The second-order valence-electron chi connectivity index (χ2n) is 12.0. The molecule has 8 rings (SSSR count). The Morgan fingerprint density at radius 2 is 1.24 bits per heavy atom. The summed E-state index contributed by atoms with van der Waals surface area (Å²) in [6.45, 7) is 6.16. The largest absolute Gasteiger partial charge is 0.305 e. The number of hydrogen-bond donors (Lipinski definition) is 0. The molecule has 245 valence electrons. The van der Waals surface area contributed by atoms with Gasteiger partial charge in [0.25, 0.3) is 0 Å². The van der Waals surface area contributed by atoms with Crippen molar-refractivity contribution in [3.05, 3.63) is 181 Å². The average Bonchev–Trinajstić information content (AvgIpc) is 3.15. The Hall–Kier alpha value is -5.61. The summed E-state index contributed by atoms with van der Waals surface area (Å²) in [5.41, 5.74) is 14.1. The van der Waals surface area contributed by atoms with Crippen LogP contribution in [-0.2, 0) is 20.1 Å². The van der Waals surface area contributed by atoms with Crippen molar-refractivity contribution in [2.24, 2.45) is 0 Å². The summed E-state index contributed by atoms with van der Waals surface area (Å²) in [5.74, 6) is 0. The van der Waals surface area contributed by atoms with Gasteiger partial charge in [-0.15, -0.1) is 59.7 Å². The van der Waals surface area contributed by atoms with Crippen LogP contribution in [0.15, 0.2) is 152 Å². The molecule has 4 aromatic heterocycles. The molecule has 1 radical (unpaired) electrons. The number of aryl methyl sites for hydroxylation is 3. The van der Waals surface area contributed by atoms with Gasteiger partial charge in [0.1, 0.15) is 0 Å². The van der Waals surface area contributed by atoms with Crippen molar-refractivity contribution in [2.75, 3.05) is 0 Å². The van der Waals surface area contributed by atoms with E-state index in [9.17, 15) is 0 Å². The van der Waals surface area contributed by atoms with E-state index in [0.717, 1.165) is 72.4 Å². The van der Waals surface area contributed by atoms with Gasteiger partial charge in [0.05, 0.1) is 0 Å². The van der Waals surface area contributed by atoms with Gasteiger partial charge in [0, 0.05) is 67.7 Å². The number of nitrogens with zero attached hydrogens (tertiary/aromatic N) is 4. The number of aromatic nitrogens is 4. The van der Waals surface area contributed by atoms with Crippen LogP contribution in [0.5, 0.6) is 0 Å². The minimum absolute atomic E-state index is 0. The summed E-state index contributed by atoms with van der Waals surface area (Å²) < 4.78 is 0. The zero-order valence-electron chi connectivity index (χ0n) is 28.1. The van der Waals surface area contributed by atoms with E-state index < -0.39 is 0 Å². The first-order valence-electron chi connectivity index (χ1n) is 16.3. The molecule has 4 heterocycles. The molecule has 0 saturated heterocycles. The normalized spacial score (nSPS) is 10.5. The SMILES string of the molecule is Cc1ccnc(-c2[c-]ccc(-c3ccc(-c4ccc(C)nc4)c4ccncc34)c2-c2ccccc2)c1.Cc1ccnc(-c2[c-]cccc2)c1.[Ir]. The predicted octanol–water partition coefficient (Wildman–Crippen LogP) is 11.0. The average molecular weight is 823 g/mol. The van der Waals surface area contributed by atoms with Gasteiger partial charge >= 0.3 is 0 Å². The molecule has 0 aliphatic carbocycles. The Morgan fingerprint density at radius 1 is 0.500 bits per heavy atom. The number of rotatable bonds is 5. The van der Waals surface area contributed by atoms with Crippen LogP contribution >= 0.6 is 0 Å². The Kier molecular flexibility index (Phi) is 10.8. The third kappa shape index (κ3) is 7.50. The van der Waals surface area contributed by atoms with Crippen LogP contribution in [0.2, 0.25) is 0 Å². The van der Waals surface area contributed by atoms with Gasteiger partial charge in [-0.1, -0.05) is 88.5 Å². The van der Waals surface area contributed by atoms with Crippen LogP contribution in [0.3, 0.4) is 0 Å². The van der Waals surface area contributed by atoms with Crippen molar-refractivity contribution in [2.45, 2.75) is 20.8 Å². The second kappa shape index (κ2) is 15.7. The first-order valence-corrected chi connectivity index (χ1v) is 16.3. The van der Waals surface area contributed by atoms with E-state index in [-0.39, 0.29) is 20.1 Å². The minimum atomic E-state index is 0. The zero-order valence-corrected chi connectivity index (χ0v) is 30.5. The van der Waals surface area contributed by atoms with Crippen LogP contribution in [-0.4, -0.2) is 19.9 Å². The molecule has 0 N–H and O–H groups in total. The van der Waals surface area contributed by atoms with Gasteiger partial charge in [0.2, 0.25) is 0 Å². The second-order valence-corrected chi connectivity index (χ2v) is 12.0. The Morgan fingerprint density at radius 3 is 1.96 bits per heavy atom. The standard InChI is InChI=1S/C33H24N3.C12H10N.Ir/c1-22-15-18-35-32(19-22)30-10-6-9-29(33(30)24-7-4-3-5-8-24)27-14-13-26(25-12-11-23(2)36-20-25)28-16-17-34-21-31(27)28;1-10-7-8-13-12(9-10)11-5-3-2-4-6-11;/h3-9,11-21H,1-2H3;2-5,7-9H,1H3;/q2*-1;. The predicted molar refractivity (Wildman–Crippen MR) is 201 cm³/mol. The van der Waals surface area contributed by atoms with Crippen LogP contribution in [0.4, 0.5) is 0 Å². The molecule has 4 aromatic carbocycles. The third-order valence-electron chi connectivity index (χ3n) is 8.46. The van der Waals surface area contributed by atoms with Crippen molar-refractivity contribution in [3.8, 4) is 55.9 Å². The van der Waals surface area contributed by atoms with Crippen molar-refractivity contribution in [3.63, 3.8) is 0 Å². The maximum atomic E-state index is 4.70. The van der Waals surface area contributed by atoms with Crippen molar-refractivity contribution in [1.29, 1.82) is 0 Å². The van der Waals surface area contributed by atoms with Gasteiger partial charge in [-0.25, -0.2) is 0 Å². The fourth-order valence-corrected chi connectivity index (χ4v) is 6.04. The zero-order chi connectivity index (χ0) is 33.6. The number of hydrogen-bond acceptors (Lipinski definition) is 4. The Bertz CT molecular complexity index is 2360. The first-order chi connectivity index (χ1) is 24.0. The Labute approximate surface area is 307 Å². The third-order valence-corrected chi connectivity index (χ3v) is 8.46. The molecule has 50 heavy (non-hydrogen) atoms. The van der Waals surface area contributed by atoms with E-state index in [1.807, 2.05) is 86.4 Å². The molecule has 0 aliphatic heterocycles. The molecule has 0 bridgehead atoms. The summed E-state index contributed by atoms with van der Waals surface area (Å²) in [7, 11) is 0. The van der Waals surface area contributed by atoms with Gasteiger partial charge in [-0.2, -0.15) is 0 Å². The molecule has 0 aliphatic rings. The molecule has 0 saturated carbocycles. The summed E-state index contributed by atoms with van der Waals surface area (Å²) in [4.78, 5) is 18.0. The van der Waals surface area contributed by atoms with E-state index in [1.165, 1.54) is 11.1 Å². The fourth-order valence-electron chi connectivity index (χ4n) is 6.04. The van der Waals surface area contributed by atoms with E-state index in [4.69, 9.17) is 4.98 Å². The van der Waals surface area contributed by atoms with Crippen molar-refractivity contribution in [1.82, 2.24) is 19.9 Å². The van der Waals surface area contributed by atoms with Crippen molar-refractivity contribution < 1.29 is 20.1 Å². The summed E-state index contributed by atoms with van der Waals surface area (Å²) in [6, 6.07) is 48.0. The number of benzene rings is 4.